The first kappa shape index (κ1) is 20.1. The molecule has 6 nitrogen and oxygen atoms in total. The van der Waals surface area contributed by atoms with E-state index in [-0.39, 0.29) is 0 Å². The molecule has 2 heterocycles. The van der Waals surface area contributed by atoms with Gasteiger partial charge in [0.25, 0.3) is 0 Å². The molecule has 0 radical (unpaired) electrons. The highest BCUT2D eigenvalue weighted by atomic mass is 32.1. The Balaban J connectivity index is 1.47. The largest absolute Gasteiger partial charge is 0.351 e. The maximum absolute atomic E-state index is 4.49. The number of benzene rings is 1. The quantitative estimate of drug-likeness (QED) is 0.452. The van der Waals surface area contributed by atoms with Crippen molar-refractivity contribution in [1.82, 2.24) is 25.2 Å². The van der Waals surface area contributed by atoms with Crippen LogP contribution in [0.1, 0.15) is 33.4 Å². The summed E-state index contributed by atoms with van der Waals surface area (Å²) >= 11 is 1.72. The standard InChI is InChI=1S/C21H28N6S/c1-16-19(28-17(2)26-16)14-24-21(22-3)25-15-20-23-11-13-27(20)12-7-10-18-8-5-4-6-9-18/h4-6,8-9,11,13H,7,10,12,14-15H2,1-3H3,(H2,22,24,25). The Morgan fingerprint density at radius 1 is 1.14 bits per heavy atom. The topological polar surface area (TPSA) is 67.1 Å². The minimum Gasteiger partial charge on any atom is -0.351 e. The van der Waals surface area contributed by atoms with Gasteiger partial charge < -0.3 is 15.2 Å². The third kappa shape index (κ3) is 5.66. The lowest BCUT2D eigenvalue weighted by atomic mass is 10.1. The molecule has 0 aliphatic rings. The summed E-state index contributed by atoms with van der Waals surface area (Å²) in [5.41, 5.74) is 2.46. The van der Waals surface area contributed by atoms with Crippen molar-refractivity contribution in [3.8, 4) is 0 Å². The van der Waals surface area contributed by atoms with Crippen LogP contribution in [0.15, 0.2) is 47.7 Å². The first-order valence-electron chi connectivity index (χ1n) is 9.57. The van der Waals surface area contributed by atoms with E-state index in [9.17, 15) is 0 Å². The van der Waals surface area contributed by atoms with Crippen molar-refractivity contribution < 1.29 is 0 Å². The van der Waals surface area contributed by atoms with Crippen molar-refractivity contribution in [2.75, 3.05) is 7.05 Å². The minimum absolute atomic E-state index is 0.638. The van der Waals surface area contributed by atoms with Crippen molar-refractivity contribution in [2.45, 2.75) is 46.3 Å². The Morgan fingerprint density at radius 2 is 1.93 bits per heavy atom. The van der Waals surface area contributed by atoms with Crippen LogP contribution >= 0.6 is 11.3 Å². The summed E-state index contributed by atoms with van der Waals surface area (Å²) in [4.78, 5) is 14.5. The second-order valence-electron chi connectivity index (χ2n) is 6.65. The molecular formula is C21H28N6S. The summed E-state index contributed by atoms with van der Waals surface area (Å²) in [6.07, 6.45) is 6.06. The van der Waals surface area contributed by atoms with Crippen LogP contribution in [0.25, 0.3) is 0 Å². The van der Waals surface area contributed by atoms with Crippen LogP contribution in [0.5, 0.6) is 0 Å². The molecule has 148 valence electrons. The highest BCUT2D eigenvalue weighted by Gasteiger charge is 2.07. The third-order valence-electron chi connectivity index (χ3n) is 4.56. The molecular weight excluding hydrogens is 368 g/mol. The van der Waals surface area contributed by atoms with Crippen LogP contribution in [-0.4, -0.2) is 27.5 Å². The number of aromatic nitrogens is 3. The fraction of sp³-hybridized carbons (Fsp3) is 0.381. The average Bonchev–Trinajstić information content (AvgIpc) is 3.28. The lowest BCUT2D eigenvalue weighted by Crippen LogP contribution is -2.37. The number of aryl methyl sites for hydroxylation is 4. The number of nitrogens with zero attached hydrogens (tertiary/aromatic N) is 4. The van der Waals surface area contributed by atoms with Gasteiger partial charge in [-0.3, -0.25) is 4.99 Å². The third-order valence-corrected chi connectivity index (χ3v) is 5.64. The molecule has 0 unspecified atom stereocenters. The van der Waals surface area contributed by atoms with Gasteiger partial charge in [0.1, 0.15) is 5.82 Å². The van der Waals surface area contributed by atoms with Gasteiger partial charge in [-0.25, -0.2) is 9.97 Å². The Morgan fingerprint density at radius 3 is 2.64 bits per heavy atom. The smallest absolute Gasteiger partial charge is 0.191 e. The Kier molecular flexibility index (Phi) is 7.19. The van der Waals surface area contributed by atoms with Gasteiger partial charge >= 0.3 is 0 Å². The maximum Gasteiger partial charge on any atom is 0.191 e. The second-order valence-corrected chi connectivity index (χ2v) is 7.93. The zero-order valence-electron chi connectivity index (χ0n) is 16.8. The first-order valence-corrected chi connectivity index (χ1v) is 10.4. The average molecular weight is 397 g/mol. The SMILES string of the molecule is CN=C(NCc1sc(C)nc1C)NCc1nccn1CCCc1ccccc1. The molecule has 7 heteroatoms. The number of guanidine groups is 1. The molecule has 0 bridgehead atoms. The van der Waals surface area contributed by atoms with E-state index in [0.717, 1.165) is 48.4 Å². The van der Waals surface area contributed by atoms with E-state index < -0.39 is 0 Å². The van der Waals surface area contributed by atoms with Crippen LogP contribution in [0.4, 0.5) is 0 Å². The van der Waals surface area contributed by atoms with Gasteiger partial charge in [-0.05, 0) is 32.3 Å². The Bertz CT molecular complexity index is 897. The molecule has 3 rings (SSSR count). The van der Waals surface area contributed by atoms with Crippen molar-refractivity contribution in [3.05, 3.63) is 69.7 Å². The zero-order chi connectivity index (χ0) is 19.8. The van der Waals surface area contributed by atoms with Gasteiger partial charge in [-0.2, -0.15) is 0 Å². The van der Waals surface area contributed by atoms with E-state index in [1.807, 2.05) is 26.2 Å². The van der Waals surface area contributed by atoms with Crippen molar-refractivity contribution in [3.63, 3.8) is 0 Å². The van der Waals surface area contributed by atoms with E-state index in [0.29, 0.717) is 6.54 Å². The second kappa shape index (κ2) is 10.0. The summed E-state index contributed by atoms with van der Waals surface area (Å²) in [6, 6.07) is 10.6. The van der Waals surface area contributed by atoms with Crippen molar-refractivity contribution in [1.29, 1.82) is 0 Å². The molecule has 28 heavy (non-hydrogen) atoms. The monoisotopic (exact) mass is 396 g/mol. The van der Waals surface area contributed by atoms with E-state index in [2.05, 4.69) is 60.5 Å². The molecule has 0 atom stereocenters. The molecule has 0 spiro atoms. The van der Waals surface area contributed by atoms with E-state index >= 15 is 0 Å². The van der Waals surface area contributed by atoms with E-state index in [4.69, 9.17) is 0 Å². The molecule has 3 aromatic rings. The van der Waals surface area contributed by atoms with Crippen LogP contribution in [0, 0.1) is 13.8 Å². The summed E-state index contributed by atoms with van der Waals surface area (Å²) in [5.74, 6) is 1.78. The molecule has 2 aromatic heterocycles. The van der Waals surface area contributed by atoms with Gasteiger partial charge in [0.15, 0.2) is 5.96 Å². The van der Waals surface area contributed by atoms with Gasteiger partial charge in [-0.15, -0.1) is 11.3 Å². The van der Waals surface area contributed by atoms with Crippen LogP contribution in [-0.2, 0) is 26.1 Å². The van der Waals surface area contributed by atoms with Crippen LogP contribution in [0.3, 0.4) is 0 Å². The van der Waals surface area contributed by atoms with Gasteiger partial charge in [0.05, 0.1) is 23.8 Å². The summed E-state index contributed by atoms with van der Waals surface area (Å²) in [5, 5.41) is 7.81. The molecule has 0 aliphatic carbocycles. The minimum atomic E-state index is 0.638. The van der Waals surface area contributed by atoms with Gasteiger partial charge in [-0.1, -0.05) is 30.3 Å². The highest BCUT2D eigenvalue weighted by molar-refractivity contribution is 7.11. The Hall–Kier alpha value is -2.67. The maximum atomic E-state index is 4.49. The number of thiazole rings is 1. The number of aliphatic imine (C=N–C) groups is 1. The fourth-order valence-electron chi connectivity index (χ4n) is 3.09. The van der Waals surface area contributed by atoms with E-state index in [1.165, 1.54) is 10.4 Å². The van der Waals surface area contributed by atoms with Gasteiger partial charge in [0, 0.05) is 30.9 Å². The molecule has 0 amide bonds. The number of rotatable bonds is 8. The lowest BCUT2D eigenvalue weighted by Gasteiger charge is -2.13. The fourth-order valence-corrected chi connectivity index (χ4v) is 3.97. The lowest BCUT2D eigenvalue weighted by molar-refractivity contribution is 0.600. The predicted molar refractivity (Wildman–Crippen MR) is 116 cm³/mol. The van der Waals surface area contributed by atoms with Crippen LogP contribution in [0.2, 0.25) is 0 Å². The number of nitrogens with one attached hydrogen (secondary N) is 2. The summed E-state index contributed by atoms with van der Waals surface area (Å²) < 4.78 is 2.21. The van der Waals surface area contributed by atoms with Crippen LogP contribution < -0.4 is 10.6 Å². The summed E-state index contributed by atoms with van der Waals surface area (Å²) in [7, 11) is 1.78. The number of hydrogen-bond acceptors (Lipinski definition) is 4. The van der Waals surface area contributed by atoms with Gasteiger partial charge in [0.2, 0.25) is 0 Å². The zero-order valence-corrected chi connectivity index (χ0v) is 17.6. The highest BCUT2D eigenvalue weighted by Crippen LogP contribution is 2.16. The number of hydrogen-bond donors (Lipinski definition) is 2. The molecule has 0 fully saturated rings. The summed E-state index contributed by atoms with van der Waals surface area (Å²) in [6.45, 7) is 6.40. The predicted octanol–water partition coefficient (Wildman–Crippen LogP) is 3.45. The Labute approximate surface area is 170 Å². The normalized spacial score (nSPS) is 11.6. The molecule has 0 saturated carbocycles. The first-order chi connectivity index (χ1) is 13.7. The molecule has 0 saturated heterocycles. The van der Waals surface area contributed by atoms with E-state index in [1.54, 1.807) is 18.4 Å². The molecule has 0 aliphatic heterocycles. The van der Waals surface area contributed by atoms with Crippen molar-refractivity contribution in [2.24, 2.45) is 4.99 Å². The number of imidazole rings is 1. The van der Waals surface area contributed by atoms with Crippen molar-refractivity contribution >= 4 is 17.3 Å². The molecule has 1 aromatic carbocycles. The molecule has 2 N–H and O–H groups in total.